The molecule has 3 nitrogen and oxygen atoms in total. The third-order valence-electron chi connectivity index (χ3n) is 2.35. The van der Waals surface area contributed by atoms with E-state index in [1.807, 2.05) is 35.7 Å². The zero-order valence-corrected chi connectivity index (χ0v) is 11.2. The van der Waals surface area contributed by atoms with Gasteiger partial charge in [0.1, 0.15) is 4.99 Å². The highest BCUT2D eigenvalue weighted by Gasteiger charge is 2.05. The molecule has 3 N–H and O–H groups in total. The van der Waals surface area contributed by atoms with Crippen LogP contribution in [-0.4, -0.2) is 10.9 Å². The Bertz CT molecular complexity index is 564. The third-order valence-corrected chi connectivity index (χ3v) is 3.46. The van der Waals surface area contributed by atoms with Crippen LogP contribution in [-0.2, 0) is 11.2 Å². The molecule has 1 heterocycles. The van der Waals surface area contributed by atoms with Crippen molar-refractivity contribution < 1.29 is 4.79 Å². The molecule has 2 aromatic rings. The molecule has 18 heavy (non-hydrogen) atoms. The number of thiocarbonyl (C=S) groups is 1. The molecule has 0 spiro atoms. The van der Waals surface area contributed by atoms with Crippen LogP contribution < -0.4 is 11.1 Å². The number of carbonyl (C=O) groups is 1. The lowest BCUT2D eigenvalue weighted by atomic mass is 10.2. The molecular weight excluding hydrogens is 264 g/mol. The second kappa shape index (κ2) is 5.75. The molecule has 5 heteroatoms. The maximum Gasteiger partial charge on any atom is 0.229 e. The highest BCUT2D eigenvalue weighted by atomic mass is 32.1. The topological polar surface area (TPSA) is 55.1 Å². The van der Waals surface area contributed by atoms with Crippen LogP contribution in [0.3, 0.4) is 0 Å². The summed E-state index contributed by atoms with van der Waals surface area (Å²) >= 11 is 6.46. The first kappa shape index (κ1) is 12.7. The maximum absolute atomic E-state index is 11.8. The average molecular weight is 276 g/mol. The smallest absolute Gasteiger partial charge is 0.229 e. The minimum atomic E-state index is -0.0439. The van der Waals surface area contributed by atoms with Gasteiger partial charge in [-0.3, -0.25) is 4.79 Å². The summed E-state index contributed by atoms with van der Waals surface area (Å²) in [6.45, 7) is 0. The molecule has 1 aromatic carbocycles. The number of anilines is 1. The molecule has 0 radical (unpaired) electrons. The van der Waals surface area contributed by atoms with Crippen LogP contribution in [0.2, 0.25) is 0 Å². The van der Waals surface area contributed by atoms with E-state index in [2.05, 4.69) is 5.32 Å². The van der Waals surface area contributed by atoms with Gasteiger partial charge in [0.15, 0.2) is 0 Å². The Kier molecular flexibility index (Phi) is 4.07. The predicted octanol–water partition coefficient (Wildman–Crippen LogP) is 2.56. The second-order valence-corrected chi connectivity index (χ2v) is 5.22. The fourth-order valence-corrected chi connectivity index (χ4v) is 2.36. The van der Waals surface area contributed by atoms with Gasteiger partial charge in [0.05, 0.1) is 6.42 Å². The van der Waals surface area contributed by atoms with Crippen molar-refractivity contribution in [1.29, 1.82) is 0 Å². The summed E-state index contributed by atoms with van der Waals surface area (Å²) in [7, 11) is 0. The summed E-state index contributed by atoms with van der Waals surface area (Å²) in [5.41, 5.74) is 7.00. The number of nitrogens with one attached hydrogen (secondary N) is 1. The summed E-state index contributed by atoms with van der Waals surface area (Å²) in [5, 5.41) is 4.78. The Hall–Kier alpha value is -1.72. The van der Waals surface area contributed by atoms with E-state index in [4.69, 9.17) is 18.0 Å². The molecular formula is C13H12N2OS2. The molecule has 0 aliphatic rings. The van der Waals surface area contributed by atoms with E-state index in [1.54, 1.807) is 17.4 Å². The molecule has 0 atom stereocenters. The van der Waals surface area contributed by atoms with Crippen LogP contribution in [0.1, 0.15) is 10.4 Å². The fourth-order valence-electron chi connectivity index (χ4n) is 1.53. The normalized spacial score (nSPS) is 10.0. The highest BCUT2D eigenvalue weighted by Crippen LogP contribution is 2.13. The number of carbonyl (C=O) groups excluding carboxylic acids is 1. The van der Waals surface area contributed by atoms with E-state index >= 15 is 0 Å². The van der Waals surface area contributed by atoms with Gasteiger partial charge in [-0.2, -0.15) is 0 Å². The van der Waals surface area contributed by atoms with Crippen molar-refractivity contribution in [2.24, 2.45) is 5.73 Å². The highest BCUT2D eigenvalue weighted by molar-refractivity contribution is 7.80. The molecule has 2 rings (SSSR count). The summed E-state index contributed by atoms with van der Waals surface area (Å²) in [5.74, 6) is -0.0439. The first-order valence-electron chi connectivity index (χ1n) is 5.37. The van der Waals surface area contributed by atoms with E-state index in [0.717, 1.165) is 10.4 Å². The van der Waals surface area contributed by atoms with Gasteiger partial charge >= 0.3 is 0 Å². The number of rotatable bonds is 4. The number of nitrogens with two attached hydrogens (primary N) is 1. The van der Waals surface area contributed by atoms with Gasteiger partial charge < -0.3 is 11.1 Å². The Balaban J connectivity index is 2.03. The van der Waals surface area contributed by atoms with Gasteiger partial charge in [-0.15, -0.1) is 11.3 Å². The number of thiophene rings is 1. The van der Waals surface area contributed by atoms with Crippen LogP contribution in [0.15, 0.2) is 41.8 Å². The molecule has 0 fully saturated rings. The Labute approximate surface area is 115 Å². The molecule has 0 aliphatic carbocycles. The van der Waals surface area contributed by atoms with E-state index in [1.165, 1.54) is 0 Å². The van der Waals surface area contributed by atoms with Crippen molar-refractivity contribution in [3.63, 3.8) is 0 Å². The van der Waals surface area contributed by atoms with Gasteiger partial charge in [-0.1, -0.05) is 30.4 Å². The van der Waals surface area contributed by atoms with Crippen molar-refractivity contribution in [3.8, 4) is 0 Å². The van der Waals surface area contributed by atoms with E-state index < -0.39 is 0 Å². The van der Waals surface area contributed by atoms with Gasteiger partial charge in [0.25, 0.3) is 0 Å². The van der Waals surface area contributed by atoms with Gasteiger partial charge in [-0.25, -0.2) is 0 Å². The molecule has 0 saturated carbocycles. The van der Waals surface area contributed by atoms with Crippen LogP contribution in [0.25, 0.3) is 0 Å². The van der Waals surface area contributed by atoms with Crippen molar-refractivity contribution in [1.82, 2.24) is 0 Å². The monoisotopic (exact) mass is 276 g/mol. The molecule has 0 aliphatic heterocycles. The number of benzene rings is 1. The van der Waals surface area contributed by atoms with E-state index in [0.29, 0.717) is 17.1 Å². The first-order valence-corrected chi connectivity index (χ1v) is 6.66. The van der Waals surface area contributed by atoms with Crippen LogP contribution in [0, 0.1) is 0 Å². The second-order valence-electron chi connectivity index (χ2n) is 3.75. The minimum Gasteiger partial charge on any atom is -0.389 e. The molecule has 0 unspecified atom stereocenters. The SMILES string of the molecule is NC(=S)c1cccc(NC(=O)Cc2cccs2)c1. The quantitative estimate of drug-likeness (QED) is 0.844. The third kappa shape index (κ3) is 3.38. The first-order chi connectivity index (χ1) is 8.65. The van der Waals surface area contributed by atoms with Gasteiger partial charge in [0.2, 0.25) is 5.91 Å². The summed E-state index contributed by atoms with van der Waals surface area (Å²) < 4.78 is 0. The van der Waals surface area contributed by atoms with Crippen LogP contribution in [0.4, 0.5) is 5.69 Å². The Morgan fingerprint density at radius 1 is 1.33 bits per heavy atom. The summed E-state index contributed by atoms with van der Waals surface area (Å²) in [6.07, 6.45) is 0.384. The number of hydrogen-bond acceptors (Lipinski definition) is 3. The Morgan fingerprint density at radius 3 is 2.83 bits per heavy atom. The fraction of sp³-hybridized carbons (Fsp3) is 0.0769. The van der Waals surface area contributed by atoms with Crippen molar-refractivity contribution in [2.75, 3.05) is 5.32 Å². The largest absolute Gasteiger partial charge is 0.389 e. The molecule has 0 bridgehead atoms. The van der Waals surface area contributed by atoms with Crippen LogP contribution >= 0.6 is 23.6 Å². The Morgan fingerprint density at radius 2 is 2.17 bits per heavy atom. The summed E-state index contributed by atoms with van der Waals surface area (Å²) in [4.78, 5) is 13.2. The van der Waals surface area contributed by atoms with E-state index in [9.17, 15) is 4.79 Å². The zero-order valence-electron chi connectivity index (χ0n) is 9.55. The van der Waals surface area contributed by atoms with Crippen molar-refractivity contribution in [2.45, 2.75) is 6.42 Å². The lowest BCUT2D eigenvalue weighted by Gasteiger charge is -2.06. The number of hydrogen-bond donors (Lipinski definition) is 2. The average Bonchev–Trinajstić information content (AvgIpc) is 2.82. The maximum atomic E-state index is 11.8. The predicted molar refractivity (Wildman–Crippen MR) is 79.0 cm³/mol. The zero-order chi connectivity index (χ0) is 13.0. The number of amides is 1. The molecule has 1 aromatic heterocycles. The van der Waals surface area contributed by atoms with Gasteiger partial charge in [0, 0.05) is 16.1 Å². The van der Waals surface area contributed by atoms with E-state index in [-0.39, 0.29) is 5.91 Å². The lowest BCUT2D eigenvalue weighted by molar-refractivity contribution is -0.115. The van der Waals surface area contributed by atoms with Crippen molar-refractivity contribution >= 4 is 40.1 Å². The minimum absolute atomic E-state index is 0.0439. The molecule has 1 amide bonds. The standard InChI is InChI=1S/C13H12N2OS2/c14-13(17)9-3-1-4-10(7-9)15-12(16)8-11-5-2-6-18-11/h1-7H,8H2,(H2,14,17)(H,15,16). The van der Waals surface area contributed by atoms with Crippen LogP contribution in [0.5, 0.6) is 0 Å². The molecule has 92 valence electrons. The summed E-state index contributed by atoms with van der Waals surface area (Å²) in [6, 6.07) is 11.1. The van der Waals surface area contributed by atoms with Gasteiger partial charge in [-0.05, 0) is 23.6 Å². The van der Waals surface area contributed by atoms with Crippen molar-refractivity contribution in [3.05, 3.63) is 52.2 Å². The lowest BCUT2D eigenvalue weighted by Crippen LogP contribution is -2.15. The molecule has 0 saturated heterocycles.